The van der Waals surface area contributed by atoms with Gasteiger partial charge in [0.25, 0.3) is 0 Å². The molecule has 0 aliphatic heterocycles. The average molecular weight is 184 g/mol. The zero-order valence-corrected chi connectivity index (χ0v) is 8.88. The Labute approximate surface area is 86.3 Å². The van der Waals surface area contributed by atoms with E-state index in [-0.39, 0.29) is 5.41 Å². The van der Waals surface area contributed by atoms with Gasteiger partial charge in [0.05, 0.1) is 5.41 Å². The normalized spacial score (nSPS) is 17.9. The van der Waals surface area contributed by atoms with Crippen molar-refractivity contribution in [1.29, 1.82) is 0 Å². The minimum absolute atomic E-state index is 0.0882. The number of terminal acetylenes is 1. The summed E-state index contributed by atoms with van der Waals surface area (Å²) in [5, 5.41) is 0. The van der Waals surface area contributed by atoms with Crippen LogP contribution in [0.2, 0.25) is 0 Å². The van der Waals surface area contributed by atoms with Crippen LogP contribution in [0, 0.1) is 12.3 Å². The standard InChI is InChI=1S/C14H16/c1-4-14(8-9-14)13-7-5-6-12(10-13)11(2)3/h1,5-7,10-11H,8-9H2,2-3H3. The third-order valence-electron chi connectivity index (χ3n) is 3.13. The van der Waals surface area contributed by atoms with E-state index in [9.17, 15) is 0 Å². The van der Waals surface area contributed by atoms with E-state index in [1.165, 1.54) is 11.1 Å². The molecule has 1 aromatic rings. The summed E-state index contributed by atoms with van der Waals surface area (Å²) >= 11 is 0. The SMILES string of the molecule is C#CC1(c2cccc(C(C)C)c2)CC1. The highest BCUT2D eigenvalue weighted by Crippen LogP contribution is 2.47. The largest absolute Gasteiger partial charge is 0.119 e. The molecular formula is C14H16. The molecule has 0 saturated heterocycles. The Morgan fingerprint density at radius 1 is 1.36 bits per heavy atom. The molecule has 0 atom stereocenters. The van der Waals surface area contributed by atoms with Gasteiger partial charge in [-0.2, -0.15) is 0 Å². The van der Waals surface area contributed by atoms with Crippen LogP contribution in [0.5, 0.6) is 0 Å². The maximum atomic E-state index is 5.58. The number of hydrogen-bond donors (Lipinski definition) is 0. The molecule has 72 valence electrons. The second-order valence-corrected chi connectivity index (χ2v) is 4.51. The summed E-state index contributed by atoms with van der Waals surface area (Å²) < 4.78 is 0. The van der Waals surface area contributed by atoms with Crippen LogP contribution in [0.4, 0.5) is 0 Å². The number of hydrogen-bond acceptors (Lipinski definition) is 0. The molecule has 0 heterocycles. The van der Waals surface area contributed by atoms with Gasteiger partial charge in [-0.3, -0.25) is 0 Å². The maximum absolute atomic E-state index is 5.58. The van der Waals surface area contributed by atoms with Crippen LogP contribution < -0.4 is 0 Å². The zero-order chi connectivity index (χ0) is 10.2. The van der Waals surface area contributed by atoms with Crippen molar-refractivity contribution < 1.29 is 0 Å². The maximum Gasteiger partial charge on any atom is 0.0561 e. The highest BCUT2D eigenvalue weighted by Gasteiger charge is 2.42. The number of benzene rings is 1. The Morgan fingerprint density at radius 2 is 2.07 bits per heavy atom. The second kappa shape index (κ2) is 3.17. The molecule has 0 radical (unpaired) electrons. The van der Waals surface area contributed by atoms with Crippen LogP contribution >= 0.6 is 0 Å². The fourth-order valence-corrected chi connectivity index (χ4v) is 1.84. The lowest BCUT2D eigenvalue weighted by molar-refractivity contribution is 0.850. The van der Waals surface area contributed by atoms with Crippen LogP contribution in [0.3, 0.4) is 0 Å². The van der Waals surface area contributed by atoms with E-state index < -0.39 is 0 Å². The molecule has 1 aliphatic rings. The number of rotatable bonds is 2. The lowest BCUT2D eigenvalue weighted by Gasteiger charge is -2.11. The third-order valence-corrected chi connectivity index (χ3v) is 3.13. The van der Waals surface area contributed by atoms with Gasteiger partial charge >= 0.3 is 0 Å². The highest BCUT2D eigenvalue weighted by molar-refractivity contribution is 5.42. The molecule has 0 spiro atoms. The van der Waals surface area contributed by atoms with Crippen LogP contribution in [0.1, 0.15) is 43.7 Å². The molecule has 0 N–H and O–H groups in total. The first-order valence-electron chi connectivity index (χ1n) is 5.26. The summed E-state index contributed by atoms with van der Waals surface area (Å²) in [6.07, 6.45) is 7.89. The van der Waals surface area contributed by atoms with Crippen molar-refractivity contribution in [2.75, 3.05) is 0 Å². The second-order valence-electron chi connectivity index (χ2n) is 4.51. The van der Waals surface area contributed by atoms with Gasteiger partial charge in [-0.05, 0) is 29.9 Å². The van der Waals surface area contributed by atoms with Gasteiger partial charge in [-0.15, -0.1) is 6.42 Å². The lowest BCUT2D eigenvalue weighted by atomic mass is 9.92. The van der Waals surface area contributed by atoms with Crippen molar-refractivity contribution in [3.8, 4) is 12.3 Å². The first-order chi connectivity index (χ1) is 6.68. The minimum Gasteiger partial charge on any atom is -0.119 e. The molecule has 0 amide bonds. The monoisotopic (exact) mass is 184 g/mol. The average Bonchev–Trinajstić information content (AvgIpc) is 2.98. The first kappa shape index (κ1) is 9.34. The molecular weight excluding hydrogens is 168 g/mol. The first-order valence-corrected chi connectivity index (χ1v) is 5.26. The van der Waals surface area contributed by atoms with Gasteiger partial charge in [0.15, 0.2) is 0 Å². The molecule has 1 saturated carbocycles. The van der Waals surface area contributed by atoms with Crippen molar-refractivity contribution >= 4 is 0 Å². The summed E-state index contributed by atoms with van der Waals surface area (Å²) in [4.78, 5) is 0. The van der Waals surface area contributed by atoms with E-state index in [0.29, 0.717) is 5.92 Å². The Kier molecular flexibility index (Phi) is 2.11. The van der Waals surface area contributed by atoms with E-state index in [0.717, 1.165) is 12.8 Å². The summed E-state index contributed by atoms with van der Waals surface area (Å²) in [5.74, 6) is 3.52. The third kappa shape index (κ3) is 1.44. The molecule has 0 nitrogen and oxygen atoms in total. The highest BCUT2D eigenvalue weighted by atomic mass is 14.4. The Balaban J connectivity index is 2.37. The van der Waals surface area contributed by atoms with Crippen LogP contribution in [-0.2, 0) is 5.41 Å². The smallest absolute Gasteiger partial charge is 0.0561 e. The topological polar surface area (TPSA) is 0 Å². The Hall–Kier alpha value is -1.22. The molecule has 1 fully saturated rings. The van der Waals surface area contributed by atoms with E-state index in [4.69, 9.17) is 6.42 Å². The molecule has 0 aromatic heterocycles. The van der Waals surface area contributed by atoms with Gasteiger partial charge in [0, 0.05) is 0 Å². The predicted molar refractivity (Wildman–Crippen MR) is 60.3 cm³/mol. The van der Waals surface area contributed by atoms with E-state index >= 15 is 0 Å². The molecule has 0 unspecified atom stereocenters. The van der Waals surface area contributed by atoms with E-state index in [1.807, 2.05) is 0 Å². The molecule has 14 heavy (non-hydrogen) atoms. The van der Waals surface area contributed by atoms with Gasteiger partial charge in [0.1, 0.15) is 0 Å². The van der Waals surface area contributed by atoms with Crippen molar-refractivity contribution in [3.05, 3.63) is 35.4 Å². The van der Waals surface area contributed by atoms with Gasteiger partial charge < -0.3 is 0 Å². The fourth-order valence-electron chi connectivity index (χ4n) is 1.84. The molecule has 2 rings (SSSR count). The van der Waals surface area contributed by atoms with Crippen LogP contribution in [0.25, 0.3) is 0 Å². The summed E-state index contributed by atoms with van der Waals surface area (Å²) in [6, 6.07) is 8.75. The van der Waals surface area contributed by atoms with Crippen LogP contribution in [-0.4, -0.2) is 0 Å². The molecule has 0 bridgehead atoms. The van der Waals surface area contributed by atoms with Gasteiger partial charge in [0.2, 0.25) is 0 Å². The Bertz CT molecular complexity index is 375. The summed E-state index contributed by atoms with van der Waals surface area (Å²) in [6.45, 7) is 4.43. The zero-order valence-electron chi connectivity index (χ0n) is 8.88. The molecule has 1 aromatic carbocycles. The van der Waals surface area contributed by atoms with Crippen molar-refractivity contribution in [2.24, 2.45) is 0 Å². The van der Waals surface area contributed by atoms with Crippen LogP contribution in [0.15, 0.2) is 24.3 Å². The fraction of sp³-hybridized carbons (Fsp3) is 0.429. The van der Waals surface area contributed by atoms with Crippen molar-refractivity contribution in [2.45, 2.75) is 38.0 Å². The van der Waals surface area contributed by atoms with Gasteiger partial charge in [-0.1, -0.05) is 44.0 Å². The lowest BCUT2D eigenvalue weighted by Crippen LogP contribution is -2.03. The molecule has 0 heteroatoms. The Morgan fingerprint density at radius 3 is 2.57 bits per heavy atom. The van der Waals surface area contributed by atoms with E-state index in [2.05, 4.69) is 44.0 Å². The van der Waals surface area contributed by atoms with Gasteiger partial charge in [-0.25, -0.2) is 0 Å². The predicted octanol–water partition coefficient (Wildman–Crippen LogP) is 3.47. The van der Waals surface area contributed by atoms with Crippen molar-refractivity contribution in [1.82, 2.24) is 0 Å². The quantitative estimate of drug-likeness (QED) is 0.617. The van der Waals surface area contributed by atoms with E-state index in [1.54, 1.807) is 0 Å². The summed E-state index contributed by atoms with van der Waals surface area (Å²) in [5.41, 5.74) is 2.82. The summed E-state index contributed by atoms with van der Waals surface area (Å²) in [7, 11) is 0. The molecule has 1 aliphatic carbocycles. The van der Waals surface area contributed by atoms with Crippen molar-refractivity contribution in [3.63, 3.8) is 0 Å². The minimum atomic E-state index is 0.0882.